The van der Waals surface area contributed by atoms with E-state index in [0.717, 1.165) is 0 Å². The number of hydrogen-bond acceptors (Lipinski definition) is 6. The largest absolute Gasteiger partial charge is 0.497 e. The molecule has 0 spiro atoms. The number of urea groups is 1. The number of hydrogen-bond donors (Lipinski definition) is 2. The van der Waals surface area contributed by atoms with Crippen LogP contribution in [-0.4, -0.2) is 37.3 Å². The van der Waals surface area contributed by atoms with Gasteiger partial charge in [0.25, 0.3) is 0 Å². The molecule has 22 heavy (non-hydrogen) atoms. The summed E-state index contributed by atoms with van der Waals surface area (Å²) in [4.78, 5) is 19.7. The van der Waals surface area contributed by atoms with Crippen molar-refractivity contribution >= 4 is 17.4 Å². The second kappa shape index (κ2) is 7.11. The normalized spacial score (nSPS) is 9.77. The van der Waals surface area contributed by atoms with Gasteiger partial charge in [-0.2, -0.15) is 0 Å². The Morgan fingerprint density at radius 2 is 1.41 bits per heavy atom. The van der Waals surface area contributed by atoms with Gasteiger partial charge >= 0.3 is 12.0 Å². The lowest BCUT2D eigenvalue weighted by atomic mass is 10.3. The van der Waals surface area contributed by atoms with E-state index in [-0.39, 0.29) is 6.01 Å². The second-order valence-corrected chi connectivity index (χ2v) is 4.14. The van der Waals surface area contributed by atoms with Crippen molar-refractivity contribution in [2.75, 3.05) is 32.0 Å². The predicted molar refractivity (Wildman–Crippen MR) is 80.8 cm³/mol. The van der Waals surface area contributed by atoms with Crippen molar-refractivity contribution in [1.29, 1.82) is 0 Å². The highest BCUT2D eigenvalue weighted by atomic mass is 16.5. The smallest absolute Gasteiger partial charge is 0.323 e. The Morgan fingerprint density at radius 1 is 0.864 bits per heavy atom. The van der Waals surface area contributed by atoms with Gasteiger partial charge in [-0.3, -0.25) is 0 Å². The van der Waals surface area contributed by atoms with E-state index in [1.807, 2.05) is 0 Å². The minimum atomic E-state index is -0.441. The van der Waals surface area contributed by atoms with E-state index >= 15 is 0 Å². The van der Waals surface area contributed by atoms with Crippen LogP contribution < -0.4 is 24.8 Å². The van der Waals surface area contributed by atoms with E-state index in [1.54, 1.807) is 18.2 Å². The average molecular weight is 304 g/mol. The van der Waals surface area contributed by atoms with Crippen LogP contribution >= 0.6 is 0 Å². The third-order valence-electron chi connectivity index (χ3n) is 2.68. The molecule has 116 valence electrons. The van der Waals surface area contributed by atoms with Gasteiger partial charge in [-0.1, -0.05) is 0 Å². The Bertz CT molecular complexity index is 624. The Kier molecular flexibility index (Phi) is 4.97. The van der Waals surface area contributed by atoms with Crippen molar-refractivity contribution in [1.82, 2.24) is 9.97 Å². The number of nitrogens with one attached hydrogen (secondary N) is 2. The van der Waals surface area contributed by atoms with Crippen LogP contribution in [0.1, 0.15) is 0 Å². The van der Waals surface area contributed by atoms with Gasteiger partial charge in [0, 0.05) is 23.9 Å². The van der Waals surface area contributed by atoms with E-state index in [1.165, 1.54) is 33.7 Å². The van der Waals surface area contributed by atoms with Crippen LogP contribution in [-0.2, 0) is 0 Å². The summed E-state index contributed by atoms with van der Waals surface area (Å²) in [5.41, 5.74) is 0.969. The number of benzene rings is 1. The lowest BCUT2D eigenvalue weighted by Gasteiger charge is -2.10. The minimum absolute atomic E-state index is 0.225. The van der Waals surface area contributed by atoms with Crippen LogP contribution in [0, 0.1) is 0 Å². The highest BCUT2D eigenvalue weighted by molar-refractivity contribution is 5.99. The van der Waals surface area contributed by atoms with Crippen LogP contribution in [0.3, 0.4) is 0 Å². The summed E-state index contributed by atoms with van der Waals surface area (Å²) < 4.78 is 15.1. The number of rotatable bonds is 5. The number of amides is 2. The zero-order valence-electron chi connectivity index (χ0n) is 12.4. The molecule has 0 aliphatic carbocycles. The number of nitrogens with zero attached hydrogens (tertiary/aromatic N) is 2. The molecule has 2 N–H and O–H groups in total. The standard InChI is InChI=1S/C14H16N4O4/c1-20-11-4-9(5-12(6-11)21-2)17-13(19)18-10-7-15-14(22-3)16-8-10/h4-8H,1-3H3,(H2,17,18,19). The summed E-state index contributed by atoms with van der Waals surface area (Å²) in [6, 6.07) is 4.84. The van der Waals surface area contributed by atoms with Crippen LogP contribution in [0.15, 0.2) is 30.6 Å². The first kappa shape index (κ1) is 15.4. The Morgan fingerprint density at radius 3 is 1.91 bits per heavy atom. The fourth-order valence-corrected chi connectivity index (χ4v) is 1.66. The second-order valence-electron chi connectivity index (χ2n) is 4.14. The predicted octanol–water partition coefficient (Wildman–Crippen LogP) is 2.15. The average Bonchev–Trinajstić information content (AvgIpc) is 2.55. The van der Waals surface area contributed by atoms with Crippen molar-refractivity contribution < 1.29 is 19.0 Å². The van der Waals surface area contributed by atoms with E-state index in [9.17, 15) is 4.79 Å². The topological polar surface area (TPSA) is 94.6 Å². The Labute approximate surface area is 127 Å². The molecular formula is C14H16N4O4. The molecule has 1 aromatic carbocycles. The third kappa shape index (κ3) is 3.98. The summed E-state index contributed by atoms with van der Waals surface area (Å²) in [6.07, 6.45) is 2.88. The van der Waals surface area contributed by atoms with Crippen LogP contribution in [0.4, 0.5) is 16.2 Å². The summed E-state index contributed by atoms with van der Waals surface area (Å²) in [5, 5.41) is 5.28. The lowest BCUT2D eigenvalue weighted by Crippen LogP contribution is -2.19. The third-order valence-corrected chi connectivity index (χ3v) is 2.68. The molecule has 1 aromatic heterocycles. The number of ether oxygens (including phenoxy) is 3. The number of methoxy groups -OCH3 is 3. The van der Waals surface area contributed by atoms with Crippen molar-refractivity contribution in [3.63, 3.8) is 0 Å². The molecule has 8 nitrogen and oxygen atoms in total. The lowest BCUT2D eigenvalue weighted by molar-refractivity contribution is 0.262. The number of anilines is 2. The molecule has 1 heterocycles. The summed E-state index contributed by atoms with van der Waals surface area (Å²) in [5.74, 6) is 1.14. The molecule has 0 fully saturated rings. The van der Waals surface area contributed by atoms with Crippen LogP contribution in [0.2, 0.25) is 0 Å². The fraction of sp³-hybridized carbons (Fsp3) is 0.214. The molecule has 0 atom stereocenters. The summed E-state index contributed by atoms with van der Waals surface area (Å²) in [6.45, 7) is 0. The minimum Gasteiger partial charge on any atom is -0.497 e. The van der Waals surface area contributed by atoms with Gasteiger partial charge in [0.15, 0.2) is 0 Å². The van der Waals surface area contributed by atoms with Gasteiger partial charge in [-0.05, 0) is 0 Å². The maximum absolute atomic E-state index is 11.9. The maximum atomic E-state index is 11.9. The van der Waals surface area contributed by atoms with Gasteiger partial charge in [-0.25, -0.2) is 14.8 Å². The fourth-order valence-electron chi connectivity index (χ4n) is 1.66. The van der Waals surface area contributed by atoms with E-state index in [0.29, 0.717) is 22.9 Å². The molecule has 8 heteroatoms. The first-order chi connectivity index (χ1) is 10.6. The molecule has 0 saturated carbocycles. The molecule has 0 bridgehead atoms. The molecule has 2 rings (SSSR count). The first-order valence-electron chi connectivity index (χ1n) is 6.31. The number of carbonyl (C=O) groups excluding carboxylic acids is 1. The molecule has 0 radical (unpaired) electrons. The Balaban J connectivity index is 2.04. The number of carbonyl (C=O) groups is 1. The molecular weight excluding hydrogens is 288 g/mol. The van der Waals surface area contributed by atoms with Gasteiger partial charge in [0.2, 0.25) is 0 Å². The molecule has 0 saturated heterocycles. The van der Waals surface area contributed by atoms with Gasteiger partial charge in [0.1, 0.15) is 11.5 Å². The zero-order chi connectivity index (χ0) is 15.9. The summed E-state index contributed by atoms with van der Waals surface area (Å²) in [7, 11) is 4.53. The van der Waals surface area contributed by atoms with Crippen molar-refractivity contribution in [2.24, 2.45) is 0 Å². The maximum Gasteiger partial charge on any atom is 0.323 e. The highest BCUT2D eigenvalue weighted by Crippen LogP contribution is 2.25. The van der Waals surface area contributed by atoms with Crippen LogP contribution in [0.5, 0.6) is 17.5 Å². The molecule has 2 amide bonds. The van der Waals surface area contributed by atoms with Gasteiger partial charge < -0.3 is 24.8 Å². The first-order valence-corrected chi connectivity index (χ1v) is 6.31. The molecule has 2 aromatic rings. The molecule has 0 aliphatic rings. The highest BCUT2D eigenvalue weighted by Gasteiger charge is 2.07. The SMILES string of the molecule is COc1cc(NC(=O)Nc2cnc(OC)nc2)cc(OC)c1. The molecule has 0 unspecified atom stereocenters. The van der Waals surface area contributed by atoms with Gasteiger partial charge in [0.05, 0.1) is 39.4 Å². The van der Waals surface area contributed by atoms with Crippen LogP contribution in [0.25, 0.3) is 0 Å². The van der Waals surface area contributed by atoms with Crippen molar-refractivity contribution in [2.45, 2.75) is 0 Å². The Hall–Kier alpha value is -3.03. The number of aromatic nitrogens is 2. The van der Waals surface area contributed by atoms with E-state index < -0.39 is 6.03 Å². The van der Waals surface area contributed by atoms with E-state index in [4.69, 9.17) is 14.2 Å². The molecule has 0 aliphatic heterocycles. The van der Waals surface area contributed by atoms with Crippen molar-refractivity contribution in [3.8, 4) is 17.5 Å². The van der Waals surface area contributed by atoms with E-state index in [2.05, 4.69) is 20.6 Å². The monoisotopic (exact) mass is 304 g/mol. The zero-order valence-corrected chi connectivity index (χ0v) is 12.4. The quantitative estimate of drug-likeness (QED) is 0.879. The summed E-state index contributed by atoms with van der Waals surface area (Å²) >= 11 is 0. The van der Waals surface area contributed by atoms with Gasteiger partial charge in [-0.15, -0.1) is 0 Å². The van der Waals surface area contributed by atoms with Crippen molar-refractivity contribution in [3.05, 3.63) is 30.6 Å².